The summed E-state index contributed by atoms with van der Waals surface area (Å²) in [5.41, 5.74) is 5.59. The first-order valence-corrected chi connectivity index (χ1v) is 7.73. The Balaban J connectivity index is 2.07. The van der Waals surface area contributed by atoms with Gasteiger partial charge in [-0.05, 0) is 43.3 Å². The lowest BCUT2D eigenvalue weighted by molar-refractivity contribution is -0.144. The second-order valence-electron chi connectivity index (χ2n) is 6.50. The number of piperidine rings is 1. The minimum absolute atomic E-state index is 0.372. The molecular formula is C17H26N2O2. The van der Waals surface area contributed by atoms with Crippen LogP contribution < -0.4 is 5.73 Å². The molecule has 0 aromatic heterocycles. The summed E-state index contributed by atoms with van der Waals surface area (Å²) in [6.07, 6.45) is 2.25. The Morgan fingerprint density at radius 2 is 1.90 bits per heavy atom. The number of carboxylic acid groups (broad SMARTS) is 1. The van der Waals surface area contributed by atoms with Gasteiger partial charge in [-0.25, -0.2) is 4.79 Å². The van der Waals surface area contributed by atoms with Gasteiger partial charge in [0.2, 0.25) is 0 Å². The van der Waals surface area contributed by atoms with Gasteiger partial charge in [0.25, 0.3) is 0 Å². The fourth-order valence-corrected chi connectivity index (χ4v) is 3.15. The molecule has 21 heavy (non-hydrogen) atoms. The third kappa shape index (κ3) is 3.63. The van der Waals surface area contributed by atoms with Crippen LogP contribution in [0.3, 0.4) is 0 Å². The van der Waals surface area contributed by atoms with Gasteiger partial charge >= 0.3 is 5.97 Å². The first kappa shape index (κ1) is 16.0. The van der Waals surface area contributed by atoms with Crippen LogP contribution in [0.25, 0.3) is 0 Å². The third-order valence-electron chi connectivity index (χ3n) is 4.72. The standard InChI is InChI=1S/C17H26N2O2/c1-13(2)14-8-10-19(11-9-14)12-17(18,16(20)21)15-6-4-3-5-7-15/h3-7,13-14H,8-12,18H2,1-2H3,(H,20,21). The second-order valence-corrected chi connectivity index (χ2v) is 6.50. The van der Waals surface area contributed by atoms with Gasteiger partial charge in [-0.1, -0.05) is 44.2 Å². The fourth-order valence-electron chi connectivity index (χ4n) is 3.15. The van der Waals surface area contributed by atoms with E-state index in [9.17, 15) is 9.90 Å². The molecule has 0 spiro atoms. The highest BCUT2D eigenvalue weighted by molar-refractivity contribution is 5.80. The Hall–Kier alpha value is -1.39. The number of carbonyl (C=O) groups is 1. The predicted molar refractivity (Wildman–Crippen MR) is 83.9 cm³/mol. The molecule has 3 N–H and O–H groups in total. The Kier molecular flexibility index (Phi) is 5.01. The molecule has 1 aromatic rings. The Bertz CT molecular complexity index is 467. The Morgan fingerprint density at radius 3 is 2.38 bits per heavy atom. The maximum atomic E-state index is 11.7. The first-order valence-electron chi connectivity index (χ1n) is 7.73. The van der Waals surface area contributed by atoms with E-state index in [0.29, 0.717) is 18.0 Å². The predicted octanol–water partition coefficient (Wildman–Crippen LogP) is 2.29. The average Bonchev–Trinajstić information content (AvgIpc) is 2.48. The van der Waals surface area contributed by atoms with Crippen molar-refractivity contribution in [1.29, 1.82) is 0 Å². The number of rotatable bonds is 5. The lowest BCUT2D eigenvalue weighted by Crippen LogP contribution is -2.54. The topological polar surface area (TPSA) is 66.6 Å². The fraction of sp³-hybridized carbons (Fsp3) is 0.588. The van der Waals surface area contributed by atoms with Crippen LogP contribution in [0.5, 0.6) is 0 Å². The highest BCUT2D eigenvalue weighted by Crippen LogP contribution is 2.27. The molecule has 0 radical (unpaired) electrons. The lowest BCUT2D eigenvalue weighted by atomic mass is 9.85. The maximum Gasteiger partial charge on any atom is 0.329 e. The summed E-state index contributed by atoms with van der Waals surface area (Å²) in [6.45, 7) is 6.75. The summed E-state index contributed by atoms with van der Waals surface area (Å²) in [7, 11) is 0. The van der Waals surface area contributed by atoms with E-state index in [4.69, 9.17) is 5.73 Å². The van der Waals surface area contributed by atoms with E-state index in [-0.39, 0.29) is 0 Å². The van der Waals surface area contributed by atoms with Crippen molar-refractivity contribution in [3.05, 3.63) is 35.9 Å². The zero-order chi connectivity index (χ0) is 15.5. The molecule has 1 aliphatic rings. The van der Waals surface area contributed by atoms with Gasteiger partial charge in [0.1, 0.15) is 0 Å². The molecule has 0 bridgehead atoms. The van der Waals surface area contributed by atoms with Crippen molar-refractivity contribution in [3.63, 3.8) is 0 Å². The average molecular weight is 290 g/mol. The number of carboxylic acids is 1. The van der Waals surface area contributed by atoms with E-state index in [2.05, 4.69) is 18.7 Å². The van der Waals surface area contributed by atoms with Crippen molar-refractivity contribution in [3.8, 4) is 0 Å². The van der Waals surface area contributed by atoms with Crippen LogP contribution in [0.1, 0.15) is 32.3 Å². The second kappa shape index (κ2) is 6.58. The molecular weight excluding hydrogens is 264 g/mol. The largest absolute Gasteiger partial charge is 0.480 e. The molecule has 2 rings (SSSR count). The van der Waals surface area contributed by atoms with Gasteiger partial charge in [-0.15, -0.1) is 0 Å². The van der Waals surface area contributed by atoms with Crippen LogP contribution in [-0.4, -0.2) is 35.6 Å². The number of likely N-dealkylation sites (tertiary alicyclic amines) is 1. The van der Waals surface area contributed by atoms with E-state index in [0.717, 1.165) is 31.8 Å². The highest BCUT2D eigenvalue weighted by Gasteiger charge is 2.38. The van der Waals surface area contributed by atoms with Crippen LogP contribution in [0.2, 0.25) is 0 Å². The summed E-state index contributed by atoms with van der Waals surface area (Å²) < 4.78 is 0. The van der Waals surface area contributed by atoms with E-state index in [1.54, 1.807) is 12.1 Å². The van der Waals surface area contributed by atoms with Gasteiger partial charge in [-0.2, -0.15) is 0 Å². The molecule has 1 fully saturated rings. The zero-order valence-electron chi connectivity index (χ0n) is 13.0. The summed E-state index contributed by atoms with van der Waals surface area (Å²) in [4.78, 5) is 13.9. The van der Waals surface area contributed by atoms with Gasteiger partial charge in [0.05, 0.1) is 0 Å². The van der Waals surface area contributed by atoms with Crippen molar-refractivity contribution in [2.24, 2.45) is 17.6 Å². The van der Waals surface area contributed by atoms with Crippen molar-refractivity contribution < 1.29 is 9.90 Å². The third-order valence-corrected chi connectivity index (χ3v) is 4.72. The van der Waals surface area contributed by atoms with Gasteiger partial charge < -0.3 is 15.7 Å². The lowest BCUT2D eigenvalue weighted by Gasteiger charge is -2.38. The molecule has 4 nitrogen and oxygen atoms in total. The van der Waals surface area contributed by atoms with E-state index >= 15 is 0 Å². The van der Waals surface area contributed by atoms with Crippen LogP contribution in [0.4, 0.5) is 0 Å². The SMILES string of the molecule is CC(C)C1CCN(CC(N)(C(=O)O)c2ccccc2)CC1. The van der Waals surface area contributed by atoms with Crippen molar-refractivity contribution in [2.45, 2.75) is 32.2 Å². The summed E-state index contributed by atoms with van der Waals surface area (Å²) in [5, 5.41) is 9.61. The molecule has 1 aromatic carbocycles. The monoisotopic (exact) mass is 290 g/mol. The molecule has 1 heterocycles. The van der Waals surface area contributed by atoms with Gasteiger partial charge in [-0.3, -0.25) is 0 Å². The Morgan fingerprint density at radius 1 is 1.33 bits per heavy atom. The molecule has 1 unspecified atom stereocenters. The highest BCUT2D eigenvalue weighted by atomic mass is 16.4. The first-order chi connectivity index (χ1) is 9.93. The number of aliphatic carboxylic acids is 1. The van der Waals surface area contributed by atoms with E-state index < -0.39 is 11.5 Å². The summed E-state index contributed by atoms with van der Waals surface area (Å²) in [6, 6.07) is 9.15. The van der Waals surface area contributed by atoms with Crippen LogP contribution in [0, 0.1) is 11.8 Å². The van der Waals surface area contributed by atoms with Crippen LogP contribution in [-0.2, 0) is 10.3 Å². The molecule has 4 heteroatoms. The smallest absolute Gasteiger partial charge is 0.329 e. The quantitative estimate of drug-likeness (QED) is 0.873. The molecule has 1 saturated heterocycles. The number of nitrogens with two attached hydrogens (primary N) is 1. The van der Waals surface area contributed by atoms with E-state index in [1.807, 2.05) is 18.2 Å². The van der Waals surface area contributed by atoms with Crippen LogP contribution >= 0.6 is 0 Å². The van der Waals surface area contributed by atoms with Crippen molar-refractivity contribution >= 4 is 5.97 Å². The number of nitrogens with zero attached hydrogens (tertiary/aromatic N) is 1. The van der Waals surface area contributed by atoms with E-state index in [1.165, 1.54) is 0 Å². The van der Waals surface area contributed by atoms with Crippen LogP contribution in [0.15, 0.2) is 30.3 Å². The molecule has 1 atom stereocenters. The minimum Gasteiger partial charge on any atom is -0.480 e. The summed E-state index contributed by atoms with van der Waals surface area (Å²) in [5.74, 6) is 0.484. The molecule has 1 aliphatic heterocycles. The Labute approximate surface area is 126 Å². The molecule has 116 valence electrons. The number of hydrogen-bond donors (Lipinski definition) is 2. The number of benzene rings is 1. The minimum atomic E-state index is -1.33. The summed E-state index contributed by atoms with van der Waals surface area (Å²) >= 11 is 0. The molecule has 0 saturated carbocycles. The van der Waals surface area contributed by atoms with Crippen molar-refractivity contribution in [2.75, 3.05) is 19.6 Å². The normalized spacial score (nSPS) is 20.4. The zero-order valence-corrected chi connectivity index (χ0v) is 13.0. The maximum absolute atomic E-state index is 11.7. The van der Waals surface area contributed by atoms with Gasteiger partial charge in [0.15, 0.2) is 5.54 Å². The molecule has 0 aliphatic carbocycles. The van der Waals surface area contributed by atoms with Gasteiger partial charge in [0, 0.05) is 6.54 Å². The molecule has 0 amide bonds. The number of hydrogen-bond acceptors (Lipinski definition) is 3. The van der Waals surface area contributed by atoms with Crippen molar-refractivity contribution in [1.82, 2.24) is 4.90 Å².